The van der Waals surface area contributed by atoms with E-state index in [9.17, 15) is 4.39 Å². The third-order valence-corrected chi connectivity index (χ3v) is 4.03. The number of nitrogens with zero attached hydrogens (tertiary/aromatic N) is 1. The SMILES string of the molecule is CCCN1CCC(CN)C1c1cccc(Cl)c1F. The molecule has 1 saturated heterocycles. The number of hydrogen-bond acceptors (Lipinski definition) is 2. The Morgan fingerprint density at radius 1 is 1.50 bits per heavy atom. The molecule has 2 nitrogen and oxygen atoms in total. The van der Waals surface area contributed by atoms with E-state index in [-0.39, 0.29) is 16.9 Å². The van der Waals surface area contributed by atoms with Crippen molar-refractivity contribution in [2.45, 2.75) is 25.8 Å². The van der Waals surface area contributed by atoms with Gasteiger partial charge in [0, 0.05) is 11.6 Å². The molecule has 2 rings (SSSR count). The van der Waals surface area contributed by atoms with Crippen LogP contribution in [0.15, 0.2) is 18.2 Å². The molecule has 1 aromatic rings. The summed E-state index contributed by atoms with van der Waals surface area (Å²) < 4.78 is 14.2. The van der Waals surface area contributed by atoms with E-state index in [1.165, 1.54) is 0 Å². The summed E-state index contributed by atoms with van der Waals surface area (Å²) >= 11 is 5.88. The van der Waals surface area contributed by atoms with Gasteiger partial charge < -0.3 is 5.73 Å². The Balaban J connectivity index is 2.34. The van der Waals surface area contributed by atoms with Crippen molar-refractivity contribution in [3.63, 3.8) is 0 Å². The van der Waals surface area contributed by atoms with Crippen LogP contribution in [-0.4, -0.2) is 24.5 Å². The molecule has 100 valence electrons. The van der Waals surface area contributed by atoms with Crippen LogP contribution in [0.3, 0.4) is 0 Å². The first-order valence-corrected chi connectivity index (χ1v) is 6.94. The third-order valence-electron chi connectivity index (χ3n) is 3.74. The first-order chi connectivity index (χ1) is 8.69. The van der Waals surface area contributed by atoms with E-state index in [0.29, 0.717) is 18.0 Å². The predicted molar refractivity (Wildman–Crippen MR) is 73.2 cm³/mol. The van der Waals surface area contributed by atoms with E-state index in [2.05, 4.69) is 11.8 Å². The summed E-state index contributed by atoms with van der Waals surface area (Å²) in [6, 6.07) is 5.32. The van der Waals surface area contributed by atoms with Crippen LogP contribution in [0.5, 0.6) is 0 Å². The molecule has 0 spiro atoms. The van der Waals surface area contributed by atoms with E-state index < -0.39 is 0 Å². The van der Waals surface area contributed by atoms with Crippen molar-refractivity contribution >= 4 is 11.6 Å². The second kappa shape index (κ2) is 6.00. The van der Waals surface area contributed by atoms with Crippen molar-refractivity contribution in [2.24, 2.45) is 11.7 Å². The minimum absolute atomic E-state index is 0.0775. The zero-order chi connectivity index (χ0) is 13.1. The quantitative estimate of drug-likeness (QED) is 0.910. The maximum absolute atomic E-state index is 14.2. The highest BCUT2D eigenvalue weighted by Crippen LogP contribution is 2.39. The maximum atomic E-state index is 14.2. The van der Waals surface area contributed by atoms with Gasteiger partial charge in [0.25, 0.3) is 0 Å². The van der Waals surface area contributed by atoms with E-state index in [1.807, 2.05) is 12.1 Å². The van der Waals surface area contributed by atoms with Gasteiger partial charge >= 0.3 is 0 Å². The van der Waals surface area contributed by atoms with Crippen molar-refractivity contribution in [1.82, 2.24) is 4.90 Å². The van der Waals surface area contributed by atoms with Crippen molar-refractivity contribution in [3.8, 4) is 0 Å². The Morgan fingerprint density at radius 2 is 2.28 bits per heavy atom. The summed E-state index contributed by atoms with van der Waals surface area (Å²) in [7, 11) is 0. The molecule has 0 bridgehead atoms. The van der Waals surface area contributed by atoms with Gasteiger partial charge in [-0.2, -0.15) is 0 Å². The number of nitrogens with two attached hydrogens (primary N) is 1. The predicted octanol–water partition coefficient (Wildman–Crippen LogP) is 3.21. The molecular weight excluding hydrogens is 251 g/mol. The largest absolute Gasteiger partial charge is 0.330 e. The molecule has 4 heteroatoms. The second-order valence-corrected chi connectivity index (χ2v) is 5.32. The molecule has 0 aliphatic carbocycles. The van der Waals surface area contributed by atoms with Gasteiger partial charge in [0.2, 0.25) is 0 Å². The minimum atomic E-state index is -0.286. The minimum Gasteiger partial charge on any atom is -0.330 e. The summed E-state index contributed by atoms with van der Waals surface area (Å²) in [6.07, 6.45) is 2.10. The molecule has 1 aliphatic heterocycles. The van der Waals surface area contributed by atoms with Crippen molar-refractivity contribution in [2.75, 3.05) is 19.6 Å². The fraction of sp³-hybridized carbons (Fsp3) is 0.571. The third kappa shape index (κ3) is 2.53. The van der Waals surface area contributed by atoms with Gasteiger partial charge in [-0.25, -0.2) is 4.39 Å². The Morgan fingerprint density at radius 3 is 2.94 bits per heavy atom. The molecule has 0 radical (unpaired) electrons. The lowest BCUT2D eigenvalue weighted by Crippen LogP contribution is -2.29. The van der Waals surface area contributed by atoms with Gasteiger partial charge in [-0.15, -0.1) is 0 Å². The normalized spacial score (nSPS) is 24.7. The highest BCUT2D eigenvalue weighted by molar-refractivity contribution is 6.30. The van der Waals surface area contributed by atoms with Gasteiger partial charge in [0.15, 0.2) is 0 Å². The van der Waals surface area contributed by atoms with Crippen LogP contribution in [-0.2, 0) is 0 Å². The smallest absolute Gasteiger partial charge is 0.146 e. The molecule has 1 heterocycles. The van der Waals surface area contributed by atoms with E-state index in [0.717, 1.165) is 25.9 Å². The summed E-state index contributed by atoms with van der Waals surface area (Å²) in [5.74, 6) is 0.0372. The summed E-state index contributed by atoms with van der Waals surface area (Å²) in [5, 5.41) is 0.201. The standard InChI is InChI=1S/C14H20ClFN2/c1-2-7-18-8-6-10(9-17)14(18)11-4-3-5-12(15)13(11)16/h3-5,10,14H,2,6-9,17H2,1H3. The summed E-state index contributed by atoms with van der Waals surface area (Å²) in [5.41, 5.74) is 6.52. The lowest BCUT2D eigenvalue weighted by molar-refractivity contribution is 0.225. The van der Waals surface area contributed by atoms with Crippen molar-refractivity contribution in [3.05, 3.63) is 34.6 Å². The Kier molecular flexibility index (Phi) is 4.60. The van der Waals surface area contributed by atoms with Crippen LogP contribution in [0.2, 0.25) is 5.02 Å². The van der Waals surface area contributed by atoms with E-state index >= 15 is 0 Å². The summed E-state index contributed by atoms with van der Waals surface area (Å²) in [6.45, 7) is 4.71. The maximum Gasteiger partial charge on any atom is 0.146 e. The first-order valence-electron chi connectivity index (χ1n) is 6.57. The number of hydrogen-bond donors (Lipinski definition) is 1. The molecule has 1 fully saturated rings. The van der Waals surface area contributed by atoms with Crippen LogP contribution < -0.4 is 5.73 Å². The lowest BCUT2D eigenvalue weighted by Gasteiger charge is -2.28. The number of rotatable bonds is 4. The van der Waals surface area contributed by atoms with Gasteiger partial charge in [0.1, 0.15) is 5.82 Å². The van der Waals surface area contributed by atoms with Crippen molar-refractivity contribution < 1.29 is 4.39 Å². The molecule has 2 N–H and O–H groups in total. The van der Waals surface area contributed by atoms with Crippen LogP contribution >= 0.6 is 11.6 Å². The topological polar surface area (TPSA) is 29.3 Å². The zero-order valence-electron chi connectivity index (χ0n) is 10.7. The lowest BCUT2D eigenvalue weighted by atomic mass is 9.93. The average molecular weight is 271 g/mol. The highest BCUT2D eigenvalue weighted by Gasteiger charge is 2.35. The van der Waals surface area contributed by atoms with Crippen LogP contribution in [0, 0.1) is 11.7 Å². The van der Waals surface area contributed by atoms with Gasteiger partial charge in [-0.05, 0) is 44.5 Å². The molecule has 0 amide bonds. The van der Waals surface area contributed by atoms with E-state index in [4.69, 9.17) is 17.3 Å². The number of likely N-dealkylation sites (tertiary alicyclic amines) is 1. The monoisotopic (exact) mass is 270 g/mol. The van der Waals surface area contributed by atoms with Crippen molar-refractivity contribution in [1.29, 1.82) is 0 Å². The molecular formula is C14H20ClFN2. The summed E-state index contributed by atoms with van der Waals surface area (Å²) in [4.78, 5) is 2.33. The molecule has 18 heavy (non-hydrogen) atoms. The molecule has 2 unspecified atom stereocenters. The second-order valence-electron chi connectivity index (χ2n) is 4.91. The first kappa shape index (κ1) is 13.8. The zero-order valence-corrected chi connectivity index (χ0v) is 11.5. The molecule has 0 aromatic heterocycles. The molecule has 1 aliphatic rings. The van der Waals surface area contributed by atoms with Gasteiger partial charge in [-0.1, -0.05) is 30.7 Å². The highest BCUT2D eigenvalue weighted by atomic mass is 35.5. The van der Waals surface area contributed by atoms with Gasteiger partial charge in [-0.3, -0.25) is 4.90 Å². The molecule has 0 saturated carbocycles. The molecule has 1 aromatic carbocycles. The average Bonchev–Trinajstić information content (AvgIpc) is 2.76. The van der Waals surface area contributed by atoms with E-state index in [1.54, 1.807) is 6.07 Å². The fourth-order valence-corrected chi connectivity index (χ4v) is 3.09. The Bertz CT molecular complexity index is 411. The Hall–Kier alpha value is -0.640. The molecule has 2 atom stereocenters. The fourth-order valence-electron chi connectivity index (χ4n) is 2.91. The number of halogens is 2. The van der Waals surface area contributed by atoms with Gasteiger partial charge in [0.05, 0.1) is 5.02 Å². The van der Waals surface area contributed by atoms with Crippen LogP contribution in [0.4, 0.5) is 4.39 Å². The number of benzene rings is 1. The van der Waals surface area contributed by atoms with Crippen LogP contribution in [0.1, 0.15) is 31.4 Å². The van der Waals surface area contributed by atoms with Crippen LogP contribution in [0.25, 0.3) is 0 Å². The Labute approximate surface area is 113 Å².